The normalized spacial score (nSPS) is 20.9. The predicted molar refractivity (Wildman–Crippen MR) is 58.6 cm³/mol. The zero-order valence-corrected chi connectivity index (χ0v) is 8.89. The molecule has 0 spiro atoms. The van der Waals surface area contributed by atoms with E-state index in [1.165, 1.54) is 6.33 Å². The van der Waals surface area contributed by atoms with Gasteiger partial charge in [-0.3, -0.25) is 0 Å². The van der Waals surface area contributed by atoms with Crippen LogP contribution in [0.4, 0.5) is 11.5 Å². The molecule has 1 unspecified atom stereocenters. The molecule has 1 aliphatic rings. The number of aromatic nitrogens is 2. The van der Waals surface area contributed by atoms with E-state index in [0.29, 0.717) is 11.6 Å². The number of nitrogens with zero attached hydrogens (tertiary/aromatic N) is 3. The van der Waals surface area contributed by atoms with Gasteiger partial charge in [-0.1, -0.05) is 0 Å². The van der Waals surface area contributed by atoms with Gasteiger partial charge in [0.25, 0.3) is 0 Å². The van der Waals surface area contributed by atoms with Crippen LogP contribution in [-0.2, 0) is 4.74 Å². The van der Waals surface area contributed by atoms with Gasteiger partial charge in [0, 0.05) is 26.1 Å². The molecule has 1 atom stereocenters. The minimum Gasteiger partial charge on any atom is -0.394 e. The Morgan fingerprint density at radius 2 is 2.53 bits per heavy atom. The first kappa shape index (κ1) is 10.2. The maximum atomic E-state index is 5.82. The monoisotopic (exact) mass is 208 g/mol. The van der Waals surface area contributed by atoms with Crippen molar-refractivity contribution < 1.29 is 4.74 Å². The van der Waals surface area contributed by atoms with E-state index in [4.69, 9.17) is 10.5 Å². The summed E-state index contributed by atoms with van der Waals surface area (Å²) in [6, 6.07) is 0. The molecule has 2 rings (SSSR count). The Kier molecular flexibility index (Phi) is 3.01. The van der Waals surface area contributed by atoms with E-state index in [-0.39, 0.29) is 0 Å². The van der Waals surface area contributed by atoms with Crippen molar-refractivity contribution in [3.63, 3.8) is 0 Å². The molecule has 0 amide bonds. The summed E-state index contributed by atoms with van der Waals surface area (Å²) in [6.45, 7) is 2.77. The molecule has 2 N–H and O–H groups in total. The van der Waals surface area contributed by atoms with E-state index in [0.717, 1.165) is 31.9 Å². The van der Waals surface area contributed by atoms with Crippen LogP contribution in [0.3, 0.4) is 0 Å². The third-order valence-corrected chi connectivity index (χ3v) is 2.71. The molecule has 2 heterocycles. The number of methoxy groups -OCH3 is 1. The van der Waals surface area contributed by atoms with Crippen LogP contribution in [-0.4, -0.2) is 36.8 Å². The van der Waals surface area contributed by atoms with Crippen LogP contribution in [0.25, 0.3) is 0 Å². The number of ether oxygens (including phenoxy) is 1. The summed E-state index contributed by atoms with van der Waals surface area (Å²) in [7, 11) is 1.74. The SMILES string of the molecule is COCC1CCN(c2ncncc2N)C1. The van der Waals surface area contributed by atoms with Crippen molar-refractivity contribution in [1.29, 1.82) is 0 Å². The van der Waals surface area contributed by atoms with Crippen LogP contribution in [0.5, 0.6) is 0 Å². The molecule has 0 saturated carbocycles. The molecule has 1 fully saturated rings. The Labute approximate surface area is 89.3 Å². The van der Waals surface area contributed by atoms with Gasteiger partial charge in [0.15, 0.2) is 5.82 Å². The molecule has 1 saturated heterocycles. The lowest BCUT2D eigenvalue weighted by molar-refractivity contribution is 0.161. The molecule has 1 aliphatic heterocycles. The van der Waals surface area contributed by atoms with Crippen molar-refractivity contribution in [3.8, 4) is 0 Å². The van der Waals surface area contributed by atoms with Crippen LogP contribution >= 0.6 is 0 Å². The molecular weight excluding hydrogens is 192 g/mol. The van der Waals surface area contributed by atoms with Gasteiger partial charge in [0.05, 0.1) is 18.5 Å². The third-order valence-electron chi connectivity index (χ3n) is 2.71. The van der Waals surface area contributed by atoms with E-state index in [2.05, 4.69) is 14.9 Å². The van der Waals surface area contributed by atoms with Gasteiger partial charge in [-0.25, -0.2) is 9.97 Å². The average Bonchev–Trinajstić information content (AvgIpc) is 2.68. The molecule has 0 radical (unpaired) electrons. The number of nitrogens with two attached hydrogens (primary N) is 1. The second kappa shape index (κ2) is 4.44. The first-order valence-electron chi connectivity index (χ1n) is 5.10. The summed E-state index contributed by atoms with van der Waals surface area (Å²) in [5, 5.41) is 0. The first-order valence-corrected chi connectivity index (χ1v) is 5.10. The lowest BCUT2D eigenvalue weighted by Gasteiger charge is -2.18. The van der Waals surface area contributed by atoms with Crippen molar-refractivity contribution in [1.82, 2.24) is 9.97 Å². The third kappa shape index (κ3) is 2.18. The molecule has 5 nitrogen and oxygen atoms in total. The smallest absolute Gasteiger partial charge is 0.155 e. The lowest BCUT2D eigenvalue weighted by atomic mass is 10.1. The average molecular weight is 208 g/mol. The first-order chi connectivity index (χ1) is 7.31. The zero-order valence-electron chi connectivity index (χ0n) is 8.89. The van der Waals surface area contributed by atoms with E-state index in [1.54, 1.807) is 13.3 Å². The maximum Gasteiger partial charge on any atom is 0.155 e. The van der Waals surface area contributed by atoms with E-state index < -0.39 is 0 Å². The highest BCUT2D eigenvalue weighted by molar-refractivity contribution is 5.61. The standard InChI is InChI=1S/C10H16N4O/c1-15-6-8-2-3-14(5-8)10-9(11)4-12-7-13-10/h4,7-8H,2-3,5-6,11H2,1H3. The van der Waals surface area contributed by atoms with Crippen molar-refractivity contribution in [2.45, 2.75) is 6.42 Å². The fourth-order valence-electron chi connectivity index (χ4n) is 1.99. The minimum atomic E-state index is 0.587. The van der Waals surface area contributed by atoms with Crippen molar-refractivity contribution in [2.75, 3.05) is 37.4 Å². The van der Waals surface area contributed by atoms with E-state index >= 15 is 0 Å². The summed E-state index contributed by atoms with van der Waals surface area (Å²) in [4.78, 5) is 10.3. The largest absolute Gasteiger partial charge is 0.394 e. The van der Waals surface area contributed by atoms with Gasteiger partial charge in [-0.2, -0.15) is 0 Å². The molecule has 15 heavy (non-hydrogen) atoms. The molecule has 0 aliphatic carbocycles. The van der Waals surface area contributed by atoms with Gasteiger partial charge >= 0.3 is 0 Å². The zero-order chi connectivity index (χ0) is 10.7. The molecule has 5 heteroatoms. The number of nitrogen functional groups attached to an aromatic ring is 1. The molecular formula is C10H16N4O. The fourth-order valence-corrected chi connectivity index (χ4v) is 1.99. The topological polar surface area (TPSA) is 64.3 Å². The van der Waals surface area contributed by atoms with Crippen LogP contribution in [0.1, 0.15) is 6.42 Å². The molecule has 0 bridgehead atoms. The maximum absolute atomic E-state index is 5.82. The summed E-state index contributed by atoms with van der Waals surface area (Å²) in [6.07, 6.45) is 4.32. The highest BCUT2D eigenvalue weighted by Gasteiger charge is 2.24. The fraction of sp³-hybridized carbons (Fsp3) is 0.600. The Balaban J connectivity index is 2.04. The summed E-state index contributed by atoms with van der Waals surface area (Å²) < 4.78 is 5.15. The Morgan fingerprint density at radius 3 is 3.27 bits per heavy atom. The summed E-state index contributed by atoms with van der Waals surface area (Å²) >= 11 is 0. The molecule has 1 aromatic rings. The number of rotatable bonds is 3. The Bertz CT molecular complexity index is 331. The second-order valence-corrected chi connectivity index (χ2v) is 3.86. The van der Waals surface area contributed by atoms with Gasteiger partial charge < -0.3 is 15.4 Å². The Hall–Kier alpha value is -1.36. The number of hydrogen-bond donors (Lipinski definition) is 1. The van der Waals surface area contributed by atoms with Crippen molar-refractivity contribution in [2.24, 2.45) is 5.92 Å². The molecule has 82 valence electrons. The van der Waals surface area contributed by atoms with Crippen molar-refractivity contribution >= 4 is 11.5 Å². The molecule has 1 aromatic heterocycles. The summed E-state index contributed by atoms with van der Waals surface area (Å²) in [5.74, 6) is 1.44. The van der Waals surface area contributed by atoms with Gasteiger partial charge in [-0.05, 0) is 6.42 Å². The van der Waals surface area contributed by atoms with Crippen LogP contribution < -0.4 is 10.6 Å². The predicted octanol–water partition coefficient (Wildman–Crippen LogP) is 0.531. The lowest BCUT2D eigenvalue weighted by Crippen LogP contribution is -2.23. The molecule has 0 aromatic carbocycles. The van der Waals surface area contributed by atoms with Crippen molar-refractivity contribution in [3.05, 3.63) is 12.5 Å². The minimum absolute atomic E-state index is 0.587. The van der Waals surface area contributed by atoms with E-state index in [9.17, 15) is 0 Å². The van der Waals surface area contributed by atoms with Crippen LogP contribution in [0, 0.1) is 5.92 Å². The Morgan fingerprint density at radius 1 is 1.67 bits per heavy atom. The van der Waals surface area contributed by atoms with Crippen LogP contribution in [0.15, 0.2) is 12.5 Å². The highest BCUT2D eigenvalue weighted by atomic mass is 16.5. The highest BCUT2D eigenvalue weighted by Crippen LogP contribution is 2.25. The van der Waals surface area contributed by atoms with Gasteiger partial charge in [-0.15, -0.1) is 0 Å². The summed E-state index contributed by atoms with van der Waals surface area (Å²) in [5.41, 5.74) is 6.47. The van der Waals surface area contributed by atoms with Gasteiger partial charge in [0.2, 0.25) is 0 Å². The van der Waals surface area contributed by atoms with Gasteiger partial charge in [0.1, 0.15) is 6.33 Å². The van der Waals surface area contributed by atoms with Crippen LogP contribution in [0.2, 0.25) is 0 Å². The quantitative estimate of drug-likeness (QED) is 0.785. The number of hydrogen-bond acceptors (Lipinski definition) is 5. The second-order valence-electron chi connectivity index (χ2n) is 3.86. The number of anilines is 2. The van der Waals surface area contributed by atoms with E-state index in [1.807, 2.05) is 0 Å².